The van der Waals surface area contributed by atoms with E-state index in [9.17, 15) is 0 Å². The van der Waals surface area contributed by atoms with Crippen molar-refractivity contribution in [1.82, 2.24) is 5.32 Å². The molecule has 1 N–H and O–H groups in total. The van der Waals surface area contributed by atoms with Crippen molar-refractivity contribution < 1.29 is 4.74 Å². The van der Waals surface area contributed by atoms with E-state index in [-0.39, 0.29) is 5.66 Å². The molecule has 1 spiro atoms. The molecule has 0 atom stereocenters. The Hall–Kier alpha value is -1.33. The van der Waals surface area contributed by atoms with Crippen molar-refractivity contribution in [2.24, 2.45) is 9.98 Å². The van der Waals surface area contributed by atoms with Crippen molar-refractivity contribution in [2.45, 2.75) is 25.4 Å². The number of nitrogens with zero attached hydrogens (tertiary/aromatic N) is 2. The van der Waals surface area contributed by atoms with Crippen LogP contribution in [0.25, 0.3) is 0 Å². The van der Waals surface area contributed by atoms with E-state index >= 15 is 0 Å². The summed E-state index contributed by atoms with van der Waals surface area (Å²) in [6, 6.07) is 8.12. The second-order valence-corrected chi connectivity index (χ2v) is 6.52. The zero-order valence-corrected chi connectivity index (χ0v) is 13.4. The first-order valence-corrected chi connectivity index (χ1v) is 8.43. The fourth-order valence-electron chi connectivity index (χ4n) is 2.75. The number of piperidine rings is 1. The van der Waals surface area contributed by atoms with Gasteiger partial charge in [0.25, 0.3) is 0 Å². The maximum absolute atomic E-state index is 5.23. The van der Waals surface area contributed by atoms with Gasteiger partial charge in [-0.15, -0.1) is 11.8 Å². The molecule has 0 bridgehead atoms. The Kier molecular flexibility index (Phi) is 4.31. The number of hydrogen-bond donors (Lipinski definition) is 1. The summed E-state index contributed by atoms with van der Waals surface area (Å²) >= 11 is 1.79. The summed E-state index contributed by atoms with van der Waals surface area (Å²) in [5, 5.41) is 4.48. The van der Waals surface area contributed by atoms with Crippen LogP contribution in [0.5, 0.6) is 5.75 Å². The Morgan fingerprint density at radius 3 is 2.52 bits per heavy atom. The van der Waals surface area contributed by atoms with Gasteiger partial charge in [0.1, 0.15) is 10.8 Å². The summed E-state index contributed by atoms with van der Waals surface area (Å²) in [4.78, 5) is 9.99. The van der Waals surface area contributed by atoms with Gasteiger partial charge in [-0.3, -0.25) is 4.99 Å². The molecule has 1 saturated heterocycles. The Morgan fingerprint density at radius 1 is 1.19 bits per heavy atom. The second kappa shape index (κ2) is 6.20. The number of thioether (sulfide) groups is 1. The van der Waals surface area contributed by atoms with Gasteiger partial charge in [-0.25, -0.2) is 4.99 Å². The average molecular weight is 303 g/mol. The minimum absolute atomic E-state index is 0.224. The van der Waals surface area contributed by atoms with Crippen LogP contribution in [0.3, 0.4) is 0 Å². The summed E-state index contributed by atoms with van der Waals surface area (Å²) in [7, 11) is 1.69. The lowest BCUT2D eigenvalue weighted by molar-refractivity contribution is 0.332. The number of ether oxygens (including phenoxy) is 1. The molecule has 0 amide bonds. The molecule has 2 aliphatic rings. The molecule has 1 fully saturated rings. The molecule has 0 aromatic heterocycles. The van der Waals surface area contributed by atoms with Gasteiger partial charge >= 0.3 is 0 Å². The number of aliphatic imine (C=N–C) groups is 2. The van der Waals surface area contributed by atoms with E-state index in [1.54, 1.807) is 18.9 Å². The van der Waals surface area contributed by atoms with Crippen LogP contribution in [-0.4, -0.2) is 42.4 Å². The average Bonchev–Trinajstić information content (AvgIpc) is 2.86. The van der Waals surface area contributed by atoms with Gasteiger partial charge in [0, 0.05) is 18.4 Å². The van der Waals surface area contributed by atoms with E-state index in [0.717, 1.165) is 53.8 Å². The lowest BCUT2D eigenvalue weighted by Crippen LogP contribution is -2.38. The Balaban J connectivity index is 1.93. The van der Waals surface area contributed by atoms with Gasteiger partial charge in [-0.2, -0.15) is 0 Å². The highest BCUT2D eigenvalue weighted by Gasteiger charge is 2.37. The molecule has 0 aliphatic carbocycles. The molecule has 4 nitrogen and oxygen atoms in total. The van der Waals surface area contributed by atoms with Crippen LogP contribution in [-0.2, 0) is 0 Å². The third kappa shape index (κ3) is 2.99. The van der Waals surface area contributed by atoms with E-state index in [0.29, 0.717) is 0 Å². The normalized spacial score (nSPS) is 20.3. The first kappa shape index (κ1) is 14.6. The number of hydrogen-bond acceptors (Lipinski definition) is 5. The standard InChI is InChI=1S/C16H21N3OS/c1-3-21-15-14(12-4-6-13(20-2)7-5-12)18-16(19-15)8-10-17-11-9-16/h4-7,17H,3,8-11H2,1-2H3. The van der Waals surface area contributed by atoms with Crippen molar-refractivity contribution in [3.63, 3.8) is 0 Å². The number of benzene rings is 1. The summed E-state index contributed by atoms with van der Waals surface area (Å²) in [5.74, 6) is 1.89. The fourth-order valence-corrected chi connectivity index (χ4v) is 3.56. The Labute approximate surface area is 130 Å². The quantitative estimate of drug-likeness (QED) is 0.934. The van der Waals surface area contributed by atoms with Gasteiger partial charge < -0.3 is 10.1 Å². The molecule has 1 aromatic rings. The van der Waals surface area contributed by atoms with Crippen LogP contribution in [0.15, 0.2) is 34.3 Å². The predicted octanol–water partition coefficient (Wildman–Crippen LogP) is 2.73. The fraction of sp³-hybridized carbons (Fsp3) is 0.500. The Morgan fingerprint density at radius 2 is 1.90 bits per heavy atom. The molecular weight excluding hydrogens is 282 g/mol. The molecule has 2 aliphatic heterocycles. The second-order valence-electron chi connectivity index (χ2n) is 5.27. The molecule has 112 valence electrons. The first-order valence-electron chi connectivity index (χ1n) is 7.44. The smallest absolute Gasteiger partial charge is 0.154 e. The van der Waals surface area contributed by atoms with Gasteiger partial charge in [0.15, 0.2) is 5.66 Å². The molecule has 0 saturated carbocycles. The van der Waals surface area contributed by atoms with E-state index in [1.165, 1.54) is 0 Å². The maximum Gasteiger partial charge on any atom is 0.154 e. The van der Waals surface area contributed by atoms with Gasteiger partial charge in [-0.1, -0.05) is 6.92 Å². The van der Waals surface area contributed by atoms with Crippen LogP contribution >= 0.6 is 11.8 Å². The topological polar surface area (TPSA) is 46.0 Å². The van der Waals surface area contributed by atoms with Crippen LogP contribution in [0.1, 0.15) is 25.3 Å². The summed E-state index contributed by atoms with van der Waals surface area (Å²) < 4.78 is 5.23. The minimum Gasteiger partial charge on any atom is -0.497 e. The van der Waals surface area contributed by atoms with E-state index in [2.05, 4.69) is 24.4 Å². The summed E-state index contributed by atoms with van der Waals surface area (Å²) in [6.45, 7) is 4.15. The van der Waals surface area contributed by atoms with Crippen molar-refractivity contribution in [2.75, 3.05) is 26.0 Å². The molecule has 3 rings (SSSR count). The van der Waals surface area contributed by atoms with Crippen LogP contribution in [0.4, 0.5) is 0 Å². The number of nitrogens with one attached hydrogen (secondary N) is 1. The highest BCUT2D eigenvalue weighted by atomic mass is 32.2. The van der Waals surface area contributed by atoms with Crippen molar-refractivity contribution in [3.8, 4) is 5.75 Å². The molecule has 0 radical (unpaired) electrons. The lowest BCUT2D eigenvalue weighted by Gasteiger charge is -2.27. The predicted molar refractivity (Wildman–Crippen MR) is 89.9 cm³/mol. The monoisotopic (exact) mass is 303 g/mol. The highest BCUT2D eigenvalue weighted by molar-refractivity contribution is 8.15. The number of methoxy groups -OCH3 is 1. The molecule has 21 heavy (non-hydrogen) atoms. The van der Waals surface area contributed by atoms with E-state index in [4.69, 9.17) is 14.7 Å². The van der Waals surface area contributed by atoms with Crippen molar-refractivity contribution >= 4 is 22.5 Å². The zero-order chi connectivity index (χ0) is 14.7. The third-order valence-electron chi connectivity index (χ3n) is 3.88. The molecule has 1 aromatic carbocycles. The summed E-state index contributed by atoms with van der Waals surface area (Å²) in [6.07, 6.45) is 1.97. The largest absolute Gasteiger partial charge is 0.497 e. The van der Waals surface area contributed by atoms with E-state index < -0.39 is 0 Å². The molecule has 2 heterocycles. The van der Waals surface area contributed by atoms with Crippen molar-refractivity contribution in [3.05, 3.63) is 29.8 Å². The maximum atomic E-state index is 5.23. The molecule has 5 heteroatoms. The van der Waals surface area contributed by atoms with Crippen molar-refractivity contribution in [1.29, 1.82) is 0 Å². The third-order valence-corrected chi connectivity index (χ3v) is 4.73. The van der Waals surface area contributed by atoms with Crippen LogP contribution in [0, 0.1) is 0 Å². The van der Waals surface area contributed by atoms with Gasteiger partial charge in [0.05, 0.1) is 12.8 Å². The number of rotatable bonds is 3. The van der Waals surface area contributed by atoms with E-state index in [1.807, 2.05) is 12.1 Å². The lowest BCUT2D eigenvalue weighted by atomic mass is 10.0. The molecular formula is C16H21N3OS. The van der Waals surface area contributed by atoms with Gasteiger partial charge in [0.2, 0.25) is 0 Å². The Bertz CT molecular complexity index is 559. The van der Waals surface area contributed by atoms with Gasteiger partial charge in [-0.05, 0) is 43.1 Å². The molecule has 0 unspecified atom stereocenters. The minimum atomic E-state index is -0.224. The van der Waals surface area contributed by atoms with Crippen LogP contribution in [0.2, 0.25) is 0 Å². The summed E-state index contributed by atoms with van der Waals surface area (Å²) in [5.41, 5.74) is 1.95. The highest BCUT2D eigenvalue weighted by Crippen LogP contribution is 2.33. The first-order chi connectivity index (χ1) is 10.3. The SMILES string of the molecule is CCSC1=NC2(CCNCC2)N=C1c1ccc(OC)cc1. The van der Waals surface area contributed by atoms with Crippen LogP contribution < -0.4 is 10.1 Å². The zero-order valence-electron chi connectivity index (χ0n) is 12.6.